The zero-order valence-corrected chi connectivity index (χ0v) is 15.6. The monoisotopic (exact) mass is 305 g/mol. The maximum absolute atomic E-state index is 6.03. The van der Waals surface area contributed by atoms with Gasteiger partial charge in [0.25, 0.3) is 0 Å². The summed E-state index contributed by atoms with van der Waals surface area (Å²) < 4.78 is 6.03. The molecule has 22 heavy (non-hydrogen) atoms. The molecule has 0 radical (unpaired) electrons. The average molecular weight is 306 g/mol. The average Bonchev–Trinajstić information content (AvgIpc) is 2.34. The quantitative estimate of drug-likeness (QED) is 0.775. The summed E-state index contributed by atoms with van der Waals surface area (Å²) >= 11 is 0. The highest BCUT2D eigenvalue weighted by atomic mass is 16.5. The summed E-state index contributed by atoms with van der Waals surface area (Å²) in [6, 6.07) is 6.96. The van der Waals surface area contributed by atoms with Gasteiger partial charge in [0.05, 0.1) is 6.61 Å². The second kappa shape index (κ2) is 8.01. The molecule has 126 valence electrons. The first kappa shape index (κ1) is 19.0. The van der Waals surface area contributed by atoms with Crippen LogP contribution in [-0.2, 0) is 11.8 Å². The van der Waals surface area contributed by atoms with Gasteiger partial charge in [-0.1, -0.05) is 53.7 Å². The van der Waals surface area contributed by atoms with E-state index in [0.29, 0.717) is 11.8 Å². The van der Waals surface area contributed by atoms with Crippen molar-refractivity contribution in [3.05, 3.63) is 29.3 Å². The van der Waals surface area contributed by atoms with E-state index in [1.165, 1.54) is 11.1 Å². The third-order valence-electron chi connectivity index (χ3n) is 3.78. The zero-order chi connectivity index (χ0) is 16.9. The van der Waals surface area contributed by atoms with E-state index in [9.17, 15) is 0 Å². The highest BCUT2D eigenvalue weighted by molar-refractivity contribution is 5.41. The van der Waals surface area contributed by atoms with E-state index in [2.05, 4.69) is 66.7 Å². The fourth-order valence-corrected chi connectivity index (χ4v) is 2.79. The van der Waals surface area contributed by atoms with Crippen LogP contribution in [0, 0.1) is 11.8 Å². The Kier molecular flexibility index (Phi) is 6.93. The summed E-state index contributed by atoms with van der Waals surface area (Å²) in [5, 5.41) is 0. The number of hydrogen-bond donors (Lipinski definition) is 1. The second-order valence-corrected chi connectivity index (χ2v) is 8.31. The van der Waals surface area contributed by atoms with Gasteiger partial charge < -0.3 is 10.5 Å². The van der Waals surface area contributed by atoms with Gasteiger partial charge in [0.15, 0.2) is 0 Å². The van der Waals surface area contributed by atoms with Crippen LogP contribution in [0.4, 0.5) is 0 Å². The Balaban J connectivity index is 2.94. The van der Waals surface area contributed by atoms with Crippen LogP contribution < -0.4 is 10.5 Å². The molecule has 1 aromatic rings. The lowest BCUT2D eigenvalue weighted by Gasteiger charge is -2.25. The van der Waals surface area contributed by atoms with Gasteiger partial charge in [-0.15, -0.1) is 0 Å². The van der Waals surface area contributed by atoms with Crippen LogP contribution in [-0.4, -0.2) is 12.6 Å². The van der Waals surface area contributed by atoms with Gasteiger partial charge in [-0.25, -0.2) is 0 Å². The molecule has 2 nitrogen and oxygen atoms in total. The number of benzene rings is 1. The highest BCUT2D eigenvalue weighted by Gasteiger charge is 2.20. The summed E-state index contributed by atoms with van der Waals surface area (Å²) in [7, 11) is 0. The summed E-state index contributed by atoms with van der Waals surface area (Å²) in [5.41, 5.74) is 8.70. The Morgan fingerprint density at radius 3 is 2.23 bits per heavy atom. The summed E-state index contributed by atoms with van der Waals surface area (Å²) in [4.78, 5) is 0. The van der Waals surface area contributed by atoms with Crippen LogP contribution in [0.15, 0.2) is 18.2 Å². The van der Waals surface area contributed by atoms with Gasteiger partial charge in [-0.2, -0.15) is 0 Å². The van der Waals surface area contributed by atoms with Crippen molar-refractivity contribution < 1.29 is 4.74 Å². The molecule has 0 spiro atoms. The lowest BCUT2D eigenvalue weighted by molar-refractivity contribution is 0.264. The number of rotatable bonds is 7. The third kappa shape index (κ3) is 6.39. The largest absolute Gasteiger partial charge is 0.493 e. The topological polar surface area (TPSA) is 35.2 Å². The molecule has 0 saturated carbocycles. The molecule has 2 unspecified atom stereocenters. The van der Waals surface area contributed by atoms with E-state index in [0.717, 1.165) is 25.2 Å². The van der Waals surface area contributed by atoms with Crippen molar-refractivity contribution in [2.45, 2.75) is 72.8 Å². The fourth-order valence-electron chi connectivity index (χ4n) is 2.79. The van der Waals surface area contributed by atoms with E-state index < -0.39 is 0 Å². The Bertz CT molecular complexity index is 457. The Hall–Kier alpha value is -1.02. The smallest absolute Gasteiger partial charge is 0.123 e. The van der Waals surface area contributed by atoms with Crippen molar-refractivity contribution in [3.8, 4) is 5.75 Å². The predicted octanol–water partition coefficient (Wildman–Crippen LogP) is 4.93. The second-order valence-electron chi connectivity index (χ2n) is 8.31. The van der Waals surface area contributed by atoms with Crippen LogP contribution in [0.2, 0.25) is 0 Å². The molecule has 0 aliphatic rings. The van der Waals surface area contributed by atoms with Gasteiger partial charge in [-0.3, -0.25) is 0 Å². The molecule has 1 rings (SSSR count). The molecule has 0 heterocycles. The van der Waals surface area contributed by atoms with Crippen LogP contribution >= 0.6 is 0 Å². The molecule has 2 heteroatoms. The molecule has 0 fully saturated rings. The van der Waals surface area contributed by atoms with Crippen molar-refractivity contribution in [2.75, 3.05) is 6.61 Å². The van der Waals surface area contributed by atoms with E-state index in [1.54, 1.807) is 0 Å². The van der Waals surface area contributed by atoms with Gasteiger partial charge in [-0.05, 0) is 54.2 Å². The van der Waals surface area contributed by atoms with Gasteiger partial charge in [0.1, 0.15) is 5.75 Å². The van der Waals surface area contributed by atoms with Crippen LogP contribution in [0.25, 0.3) is 0 Å². The number of nitrogens with two attached hydrogens (primary N) is 1. The lowest BCUT2D eigenvalue weighted by atomic mass is 9.84. The normalized spacial score (nSPS) is 15.0. The SMILES string of the molecule is CC(C)COc1ccc(CC(C)CC(C)N)cc1C(C)(C)C. The predicted molar refractivity (Wildman–Crippen MR) is 96.6 cm³/mol. The molecule has 0 aromatic heterocycles. The summed E-state index contributed by atoms with van der Waals surface area (Å²) in [6.45, 7) is 16.2. The minimum absolute atomic E-state index is 0.0900. The molecule has 0 aliphatic heterocycles. The highest BCUT2D eigenvalue weighted by Crippen LogP contribution is 2.33. The van der Waals surface area contributed by atoms with E-state index in [4.69, 9.17) is 10.5 Å². The molecule has 2 N–H and O–H groups in total. The minimum Gasteiger partial charge on any atom is -0.493 e. The van der Waals surface area contributed by atoms with Crippen LogP contribution in [0.1, 0.15) is 66.0 Å². The minimum atomic E-state index is 0.0900. The van der Waals surface area contributed by atoms with Crippen molar-refractivity contribution >= 4 is 0 Å². The fraction of sp³-hybridized carbons (Fsp3) is 0.700. The van der Waals surface area contributed by atoms with Gasteiger partial charge in [0.2, 0.25) is 0 Å². The standard InChI is InChI=1S/C20H35NO/c1-14(2)13-22-19-9-8-17(11-15(3)10-16(4)21)12-18(19)20(5,6)7/h8-9,12,14-16H,10-11,13,21H2,1-7H3. The van der Waals surface area contributed by atoms with Crippen molar-refractivity contribution in [1.29, 1.82) is 0 Å². The van der Waals surface area contributed by atoms with Gasteiger partial charge in [0, 0.05) is 6.04 Å². The van der Waals surface area contributed by atoms with E-state index >= 15 is 0 Å². The molecular formula is C20H35NO. The zero-order valence-electron chi connectivity index (χ0n) is 15.6. The first-order valence-corrected chi connectivity index (χ1v) is 8.61. The molecule has 0 aliphatic carbocycles. The molecule has 1 aromatic carbocycles. The number of hydrogen-bond acceptors (Lipinski definition) is 2. The van der Waals surface area contributed by atoms with Crippen molar-refractivity contribution in [2.24, 2.45) is 17.6 Å². The van der Waals surface area contributed by atoms with Crippen molar-refractivity contribution in [3.63, 3.8) is 0 Å². The summed E-state index contributed by atoms with van der Waals surface area (Å²) in [5.74, 6) is 2.18. The molecule has 0 amide bonds. The molecular weight excluding hydrogens is 270 g/mol. The van der Waals surface area contributed by atoms with E-state index in [-0.39, 0.29) is 11.5 Å². The number of ether oxygens (including phenoxy) is 1. The molecule has 0 saturated heterocycles. The Morgan fingerprint density at radius 2 is 1.73 bits per heavy atom. The Labute approximate surface area is 137 Å². The molecule has 2 atom stereocenters. The maximum Gasteiger partial charge on any atom is 0.123 e. The van der Waals surface area contributed by atoms with E-state index in [1.807, 2.05) is 0 Å². The lowest BCUT2D eigenvalue weighted by Crippen LogP contribution is -2.20. The third-order valence-corrected chi connectivity index (χ3v) is 3.78. The van der Waals surface area contributed by atoms with Gasteiger partial charge >= 0.3 is 0 Å². The Morgan fingerprint density at radius 1 is 1.09 bits per heavy atom. The van der Waals surface area contributed by atoms with Crippen LogP contribution in [0.5, 0.6) is 5.75 Å². The maximum atomic E-state index is 6.03. The van der Waals surface area contributed by atoms with Crippen molar-refractivity contribution in [1.82, 2.24) is 0 Å². The first-order valence-electron chi connectivity index (χ1n) is 8.61. The first-order chi connectivity index (χ1) is 10.1. The van der Waals surface area contributed by atoms with Crippen LogP contribution in [0.3, 0.4) is 0 Å². The molecule has 0 bridgehead atoms. The summed E-state index contributed by atoms with van der Waals surface area (Å²) in [6.07, 6.45) is 2.14.